The summed E-state index contributed by atoms with van der Waals surface area (Å²) in [6, 6.07) is 13.8. The van der Waals surface area contributed by atoms with Crippen molar-refractivity contribution in [1.29, 1.82) is 0 Å². The first-order valence-electron chi connectivity index (χ1n) is 12.7. The van der Waals surface area contributed by atoms with Gasteiger partial charge in [0, 0.05) is 12.0 Å². The summed E-state index contributed by atoms with van der Waals surface area (Å²) in [5.41, 5.74) is 3.07. The Balaban J connectivity index is 1.25. The number of ether oxygens (including phenoxy) is 1. The molecule has 36 heavy (non-hydrogen) atoms. The molecule has 5 aliphatic rings. The largest absolute Gasteiger partial charge is 0.456 e. The smallest absolute Gasteiger partial charge is 0.330 e. The van der Waals surface area contributed by atoms with E-state index in [-0.39, 0.29) is 47.7 Å². The third-order valence-corrected chi connectivity index (χ3v) is 8.59. The van der Waals surface area contributed by atoms with Crippen LogP contribution in [0.2, 0.25) is 0 Å². The maximum atomic E-state index is 13.7. The van der Waals surface area contributed by atoms with Crippen LogP contribution in [-0.4, -0.2) is 41.1 Å². The Bertz CT molecular complexity index is 1260. The molecule has 2 bridgehead atoms. The highest BCUT2D eigenvalue weighted by atomic mass is 16.5. The molecule has 0 spiro atoms. The average Bonchev–Trinajstić information content (AvgIpc) is 3.66. The summed E-state index contributed by atoms with van der Waals surface area (Å²) in [5.74, 6) is -1.24. The number of nitrogens with zero attached hydrogens (tertiary/aromatic N) is 1. The van der Waals surface area contributed by atoms with Crippen LogP contribution in [0.1, 0.15) is 33.5 Å². The molecule has 0 unspecified atom stereocenters. The molecule has 7 atom stereocenters. The average molecular weight is 484 g/mol. The van der Waals surface area contributed by atoms with Crippen LogP contribution in [0.4, 0.5) is 0 Å². The first-order valence-corrected chi connectivity index (χ1v) is 12.7. The maximum Gasteiger partial charge on any atom is 0.330 e. The third kappa shape index (κ3) is 3.62. The zero-order valence-electron chi connectivity index (χ0n) is 20.4. The van der Waals surface area contributed by atoms with Gasteiger partial charge in [0.05, 0.1) is 11.8 Å². The van der Waals surface area contributed by atoms with Crippen molar-refractivity contribution in [2.75, 3.05) is 6.61 Å². The lowest BCUT2D eigenvalue weighted by atomic mass is 9.63. The highest BCUT2D eigenvalue weighted by Gasteiger charge is 2.68. The van der Waals surface area contributed by atoms with Crippen LogP contribution in [0.15, 0.2) is 60.7 Å². The molecule has 1 heterocycles. The van der Waals surface area contributed by atoms with E-state index in [1.165, 1.54) is 4.90 Å². The van der Waals surface area contributed by atoms with E-state index in [9.17, 15) is 19.2 Å². The zero-order chi connectivity index (χ0) is 25.1. The van der Waals surface area contributed by atoms with Crippen LogP contribution in [0.3, 0.4) is 0 Å². The number of ketones is 1. The first-order chi connectivity index (χ1) is 17.3. The Morgan fingerprint density at radius 2 is 1.58 bits per heavy atom. The number of imide groups is 1. The first kappa shape index (κ1) is 22.9. The fourth-order valence-electron chi connectivity index (χ4n) is 6.75. The lowest BCUT2D eigenvalue weighted by Crippen LogP contribution is -2.48. The van der Waals surface area contributed by atoms with Crippen LogP contribution in [0.5, 0.6) is 0 Å². The van der Waals surface area contributed by atoms with Crippen LogP contribution in [0.25, 0.3) is 0 Å². The normalized spacial score (nSPS) is 30.1. The predicted molar refractivity (Wildman–Crippen MR) is 132 cm³/mol. The van der Waals surface area contributed by atoms with Crippen molar-refractivity contribution >= 4 is 23.6 Å². The van der Waals surface area contributed by atoms with Gasteiger partial charge in [0.2, 0.25) is 17.6 Å². The Morgan fingerprint density at radius 1 is 0.944 bits per heavy atom. The molecule has 2 aromatic rings. The van der Waals surface area contributed by atoms with Crippen LogP contribution in [-0.2, 0) is 25.5 Å². The van der Waals surface area contributed by atoms with Gasteiger partial charge in [0.25, 0.3) is 0 Å². The van der Waals surface area contributed by atoms with Gasteiger partial charge in [-0.25, -0.2) is 4.79 Å². The Hall–Kier alpha value is -3.54. The Kier molecular flexibility index (Phi) is 5.43. The number of Topliss-reactive ketones (excluding diaryl/α,β-unsaturated/α-hetero) is 1. The molecule has 184 valence electrons. The van der Waals surface area contributed by atoms with E-state index in [2.05, 4.69) is 12.2 Å². The molecule has 1 saturated heterocycles. The van der Waals surface area contributed by atoms with Crippen molar-refractivity contribution in [1.82, 2.24) is 4.90 Å². The Morgan fingerprint density at radius 3 is 2.22 bits per heavy atom. The fourth-order valence-corrected chi connectivity index (χ4v) is 6.75. The van der Waals surface area contributed by atoms with Crippen LogP contribution in [0, 0.1) is 49.4 Å². The number of benzene rings is 2. The minimum absolute atomic E-state index is 0.0747. The van der Waals surface area contributed by atoms with Crippen molar-refractivity contribution in [2.45, 2.75) is 32.7 Å². The zero-order valence-corrected chi connectivity index (χ0v) is 20.4. The second-order valence-electron chi connectivity index (χ2n) is 10.8. The highest BCUT2D eigenvalue weighted by Crippen LogP contribution is 2.65. The van der Waals surface area contributed by atoms with E-state index >= 15 is 0 Å². The highest BCUT2D eigenvalue weighted by molar-refractivity contribution is 6.09. The minimum Gasteiger partial charge on any atom is -0.456 e. The lowest BCUT2D eigenvalue weighted by Gasteiger charge is -2.37. The second kappa shape index (κ2) is 8.54. The van der Waals surface area contributed by atoms with Gasteiger partial charge in [0.15, 0.2) is 6.61 Å². The second-order valence-corrected chi connectivity index (χ2v) is 10.8. The predicted octanol–water partition coefficient (Wildman–Crippen LogP) is 3.69. The van der Waals surface area contributed by atoms with Gasteiger partial charge in [-0.05, 0) is 61.1 Å². The third-order valence-electron chi connectivity index (χ3n) is 8.59. The lowest BCUT2D eigenvalue weighted by molar-refractivity contribution is -0.158. The molecule has 2 saturated carbocycles. The molecular formula is C30H29NO5. The van der Waals surface area contributed by atoms with Gasteiger partial charge < -0.3 is 4.74 Å². The molecule has 0 aromatic heterocycles. The van der Waals surface area contributed by atoms with E-state index in [4.69, 9.17) is 4.74 Å². The van der Waals surface area contributed by atoms with E-state index < -0.39 is 18.6 Å². The van der Waals surface area contributed by atoms with Gasteiger partial charge >= 0.3 is 5.97 Å². The van der Waals surface area contributed by atoms with Gasteiger partial charge in [0.1, 0.15) is 6.04 Å². The molecule has 6 heteroatoms. The molecule has 4 aliphatic carbocycles. The summed E-state index contributed by atoms with van der Waals surface area (Å²) >= 11 is 0. The van der Waals surface area contributed by atoms with Gasteiger partial charge in [-0.3, -0.25) is 19.3 Å². The molecule has 2 aromatic carbocycles. The SMILES string of the molecule is Cc1ccc(C)c(C(=O)COC(=O)[C@@H](Cc2ccccc2)N2C(=O)[C@H]3[C@@H]4C=C[C@H]([C@H]5C[C@H]45)[C@@H]3C2=O)c1. The quantitative estimate of drug-likeness (QED) is 0.260. The van der Waals surface area contributed by atoms with E-state index in [1.54, 1.807) is 6.07 Å². The number of aryl methyl sites for hydroxylation is 2. The Labute approximate surface area is 210 Å². The number of carbonyl (C=O) groups excluding carboxylic acids is 4. The van der Waals surface area contributed by atoms with Gasteiger partial charge in [-0.15, -0.1) is 0 Å². The van der Waals surface area contributed by atoms with Crippen LogP contribution < -0.4 is 0 Å². The number of likely N-dealkylation sites (tertiary alicyclic amines) is 1. The van der Waals surface area contributed by atoms with Crippen molar-refractivity contribution in [3.63, 3.8) is 0 Å². The number of amides is 2. The summed E-state index contributed by atoms with van der Waals surface area (Å²) in [7, 11) is 0. The summed E-state index contributed by atoms with van der Waals surface area (Å²) in [6.45, 7) is 3.30. The topological polar surface area (TPSA) is 80.8 Å². The molecule has 0 radical (unpaired) electrons. The molecular weight excluding hydrogens is 454 g/mol. The maximum absolute atomic E-state index is 13.7. The van der Waals surface area contributed by atoms with Crippen molar-refractivity contribution in [3.05, 3.63) is 82.9 Å². The van der Waals surface area contributed by atoms with Crippen LogP contribution >= 0.6 is 0 Å². The van der Waals surface area contributed by atoms with Crippen molar-refractivity contribution in [2.24, 2.45) is 35.5 Å². The number of hydrogen-bond acceptors (Lipinski definition) is 5. The molecule has 0 N–H and O–H groups in total. The number of allylic oxidation sites excluding steroid dienone is 2. The molecule has 3 fully saturated rings. The molecule has 7 rings (SSSR count). The summed E-state index contributed by atoms with van der Waals surface area (Å²) < 4.78 is 5.50. The van der Waals surface area contributed by atoms with Crippen molar-refractivity contribution < 1.29 is 23.9 Å². The standard InChI is InChI=1S/C30H29NO5/c1-16-8-9-17(2)21(12-16)25(32)15-36-30(35)24(13-18-6-4-3-5-7-18)31-28(33)26-19-10-11-20(23-14-22(19)23)27(26)29(31)34/h3-12,19-20,22-24,26-27H,13-15H2,1-2H3/t19-,20-,22-,23-,24-,26+,27+/m1/s1. The number of carbonyl (C=O) groups is 4. The van der Waals surface area contributed by atoms with E-state index in [1.807, 2.05) is 56.3 Å². The number of esters is 1. The number of rotatable bonds is 7. The van der Waals surface area contributed by atoms with Gasteiger partial charge in [-0.2, -0.15) is 0 Å². The van der Waals surface area contributed by atoms with Gasteiger partial charge in [-0.1, -0.05) is 60.2 Å². The van der Waals surface area contributed by atoms with E-state index in [0.717, 1.165) is 23.1 Å². The molecule has 1 aliphatic heterocycles. The fraction of sp³-hybridized carbons (Fsp3) is 0.400. The van der Waals surface area contributed by atoms with E-state index in [0.29, 0.717) is 17.4 Å². The summed E-state index contributed by atoms with van der Waals surface area (Å²) in [5, 5.41) is 0. The number of hydrogen-bond donors (Lipinski definition) is 0. The minimum atomic E-state index is -1.10. The van der Waals surface area contributed by atoms with Crippen molar-refractivity contribution in [3.8, 4) is 0 Å². The summed E-state index contributed by atoms with van der Waals surface area (Å²) in [6.07, 6.45) is 5.46. The monoisotopic (exact) mass is 483 g/mol. The molecule has 6 nitrogen and oxygen atoms in total. The summed E-state index contributed by atoms with van der Waals surface area (Å²) in [4.78, 5) is 54.8. The molecule has 2 amide bonds.